The summed E-state index contributed by atoms with van der Waals surface area (Å²) in [5, 5.41) is 6.74. The van der Waals surface area contributed by atoms with Gasteiger partial charge in [0.2, 0.25) is 0 Å². The molecule has 0 radical (unpaired) electrons. The Kier molecular flexibility index (Phi) is 7.49. The lowest BCUT2D eigenvalue weighted by Gasteiger charge is -2.27. The molecule has 0 aliphatic carbocycles. The van der Waals surface area contributed by atoms with Crippen LogP contribution >= 0.6 is 0 Å². The molecule has 2 amide bonds. The summed E-state index contributed by atoms with van der Waals surface area (Å²) in [5.41, 5.74) is 1.06. The molecule has 1 aliphatic rings. The molecule has 1 aliphatic heterocycles. The fraction of sp³-hybridized carbons (Fsp3) is 0.476. The Labute approximate surface area is 182 Å². The number of amides is 2. The van der Waals surface area contributed by atoms with Gasteiger partial charge in [0.05, 0.1) is 18.5 Å². The molecule has 1 fully saturated rings. The Morgan fingerprint density at radius 1 is 1.22 bits per heavy atom. The Bertz CT molecular complexity index is 958. The molecule has 2 heterocycles. The van der Waals surface area contributed by atoms with Crippen LogP contribution in [0.5, 0.6) is 0 Å². The van der Waals surface area contributed by atoms with E-state index in [2.05, 4.69) is 10.4 Å². The number of likely N-dealkylation sites (tertiary alicyclic amines) is 1. The average Bonchev–Trinajstić information content (AvgIpc) is 3.13. The molecule has 0 saturated carbocycles. The van der Waals surface area contributed by atoms with E-state index >= 15 is 0 Å². The van der Waals surface area contributed by atoms with Crippen LogP contribution in [0.1, 0.15) is 45.7 Å². The summed E-state index contributed by atoms with van der Waals surface area (Å²) < 4.78 is 56.4. The summed E-state index contributed by atoms with van der Waals surface area (Å²) in [7, 11) is 1.61. The van der Waals surface area contributed by atoms with Gasteiger partial charge in [-0.2, -0.15) is 13.9 Å². The van der Waals surface area contributed by atoms with Crippen LogP contribution in [0.4, 0.5) is 23.2 Å². The van der Waals surface area contributed by atoms with E-state index in [4.69, 9.17) is 4.74 Å². The maximum absolute atomic E-state index is 13.0. The number of rotatable bonds is 8. The number of nitrogens with one attached hydrogen (secondary N) is 1. The van der Waals surface area contributed by atoms with Crippen molar-refractivity contribution >= 4 is 17.5 Å². The van der Waals surface area contributed by atoms with Crippen molar-refractivity contribution in [1.29, 1.82) is 0 Å². The minimum Gasteiger partial charge on any atom is -0.370 e. The van der Waals surface area contributed by atoms with Gasteiger partial charge in [-0.15, -0.1) is 0 Å². The summed E-state index contributed by atoms with van der Waals surface area (Å²) in [6.45, 7) is -0.512. The van der Waals surface area contributed by atoms with Gasteiger partial charge in [-0.3, -0.25) is 14.3 Å². The number of anilines is 1. The number of ether oxygens (including phenoxy) is 1. The van der Waals surface area contributed by atoms with Crippen LogP contribution in [0.3, 0.4) is 0 Å². The molecule has 11 heteroatoms. The summed E-state index contributed by atoms with van der Waals surface area (Å²) in [5.74, 6) is -5.00. The number of aryl methyl sites for hydroxylation is 1. The first-order chi connectivity index (χ1) is 15.2. The predicted octanol–water partition coefficient (Wildman–Crippen LogP) is 3.72. The van der Waals surface area contributed by atoms with Gasteiger partial charge in [0.25, 0.3) is 11.8 Å². The number of hydrogen-bond acceptors (Lipinski definition) is 4. The molecular weight excluding hydrogens is 432 g/mol. The largest absolute Gasteiger partial charge is 0.370 e. The number of carbonyl (C=O) groups excluding carboxylic acids is 2. The van der Waals surface area contributed by atoms with Crippen molar-refractivity contribution in [3.05, 3.63) is 47.3 Å². The molecule has 1 aromatic heterocycles. The van der Waals surface area contributed by atoms with Crippen molar-refractivity contribution in [2.75, 3.05) is 25.0 Å². The van der Waals surface area contributed by atoms with Gasteiger partial charge >= 0.3 is 12.3 Å². The van der Waals surface area contributed by atoms with Crippen LogP contribution < -0.4 is 5.32 Å². The first-order valence-electron chi connectivity index (χ1n) is 10.1. The first-order valence-corrected chi connectivity index (χ1v) is 10.1. The molecule has 1 saturated heterocycles. The topological polar surface area (TPSA) is 76.5 Å². The number of benzene rings is 1. The smallest absolute Gasteiger partial charge is 0.330 e. The van der Waals surface area contributed by atoms with E-state index in [0.29, 0.717) is 18.7 Å². The van der Waals surface area contributed by atoms with Crippen molar-refractivity contribution in [1.82, 2.24) is 14.7 Å². The van der Waals surface area contributed by atoms with Gasteiger partial charge in [-0.1, -0.05) is 12.1 Å². The molecule has 174 valence electrons. The first kappa shape index (κ1) is 23.7. The number of halogens is 4. The van der Waals surface area contributed by atoms with Crippen LogP contribution in [0, 0.1) is 0 Å². The van der Waals surface area contributed by atoms with E-state index in [1.165, 1.54) is 35.1 Å². The van der Waals surface area contributed by atoms with Gasteiger partial charge in [-0.05, 0) is 37.0 Å². The second-order valence-electron chi connectivity index (χ2n) is 7.59. The minimum absolute atomic E-state index is 0.187. The van der Waals surface area contributed by atoms with Crippen LogP contribution in [-0.2, 0) is 18.4 Å². The maximum Gasteiger partial charge on any atom is 0.330 e. The van der Waals surface area contributed by atoms with Gasteiger partial charge in [-0.25, -0.2) is 8.78 Å². The summed E-state index contributed by atoms with van der Waals surface area (Å²) in [6, 6.07) is 5.93. The van der Waals surface area contributed by atoms with E-state index in [1.54, 1.807) is 11.9 Å². The van der Waals surface area contributed by atoms with Crippen LogP contribution in [0.15, 0.2) is 30.5 Å². The van der Waals surface area contributed by atoms with Gasteiger partial charge < -0.3 is 15.0 Å². The lowest BCUT2D eigenvalue weighted by atomic mass is 10.1. The number of hydrogen-bond donors (Lipinski definition) is 1. The highest BCUT2D eigenvalue weighted by Crippen LogP contribution is 2.24. The monoisotopic (exact) mass is 456 g/mol. The highest BCUT2D eigenvalue weighted by atomic mass is 19.3. The molecule has 0 spiro atoms. The molecule has 0 unspecified atom stereocenters. The third kappa shape index (κ3) is 5.64. The minimum atomic E-state index is -4.24. The molecule has 2 aromatic rings. The molecule has 1 aromatic carbocycles. The second-order valence-corrected chi connectivity index (χ2v) is 7.59. The Morgan fingerprint density at radius 3 is 2.62 bits per heavy atom. The molecular formula is C21H24F4N4O3. The highest BCUT2D eigenvalue weighted by Gasteiger charge is 2.40. The van der Waals surface area contributed by atoms with Gasteiger partial charge in [0, 0.05) is 25.7 Å². The standard InChI is InChI=1S/C21H24F4N4O3/c1-28-17(19(31)29-8-3-2-4-9-29)16(11-26-28)27-18(30)15-7-5-6-14(10-15)12-32-13-21(24,25)20(22)23/h5-7,10-11,20H,2-4,8-9,12-13H2,1H3,(H,27,30). The fourth-order valence-corrected chi connectivity index (χ4v) is 3.39. The molecule has 1 N–H and O–H groups in total. The molecule has 0 bridgehead atoms. The number of nitrogens with zero attached hydrogens (tertiary/aromatic N) is 3. The Balaban J connectivity index is 1.67. The lowest BCUT2D eigenvalue weighted by molar-refractivity contribution is -0.168. The maximum atomic E-state index is 13.0. The number of aromatic nitrogens is 2. The van der Waals surface area contributed by atoms with Crippen LogP contribution in [0.2, 0.25) is 0 Å². The number of piperidine rings is 1. The lowest BCUT2D eigenvalue weighted by Crippen LogP contribution is -2.37. The van der Waals surface area contributed by atoms with E-state index in [0.717, 1.165) is 19.3 Å². The average molecular weight is 456 g/mol. The van der Waals surface area contributed by atoms with Crippen LogP contribution in [-0.4, -0.2) is 58.5 Å². The van der Waals surface area contributed by atoms with Crippen molar-refractivity contribution < 1.29 is 31.9 Å². The normalized spacial score (nSPS) is 14.6. The van der Waals surface area contributed by atoms with Crippen molar-refractivity contribution in [2.24, 2.45) is 7.05 Å². The molecule has 7 nitrogen and oxygen atoms in total. The summed E-state index contributed by atoms with van der Waals surface area (Å²) in [4.78, 5) is 27.3. The molecule has 3 rings (SSSR count). The van der Waals surface area contributed by atoms with Crippen molar-refractivity contribution in [3.63, 3.8) is 0 Å². The predicted molar refractivity (Wildman–Crippen MR) is 108 cm³/mol. The quantitative estimate of drug-likeness (QED) is 0.615. The molecule has 0 atom stereocenters. The highest BCUT2D eigenvalue weighted by molar-refractivity contribution is 6.08. The zero-order valence-corrected chi connectivity index (χ0v) is 17.5. The van der Waals surface area contributed by atoms with Crippen molar-refractivity contribution in [3.8, 4) is 0 Å². The van der Waals surface area contributed by atoms with E-state index in [-0.39, 0.29) is 29.5 Å². The Morgan fingerprint density at radius 2 is 1.94 bits per heavy atom. The Hall–Kier alpha value is -2.95. The van der Waals surface area contributed by atoms with Gasteiger partial charge in [0.1, 0.15) is 12.3 Å². The summed E-state index contributed by atoms with van der Waals surface area (Å²) in [6.07, 6.45) is 0.473. The van der Waals surface area contributed by atoms with Crippen molar-refractivity contribution in [2.45, 2.75) is 38.2 Å². The fourth-order valence-electron chi connectivity index (χ4n) is 3.39. The van der Waals surface area contributed by atoms with Gasteiger partial charge in [0.15, 0.2) is 0 Å². The van der Waals surface area contributed by atoms with E-state index in [9.17, 15) is 27.2 Å². The zero-order chi connectivity index (χ0) is 23.3. The zero-order valence-electron chi connectivity index (χ0n) is 17.5. The second kappa shape index (κ2) is 10.1. The SMILES string of the molecule is Cn1ncc(NC(=O)c2cccc(COCC(F)(F)C(F)F)c2)c1C(=O)N1CCCCC1. The van der Waals surface area contributed by atoms with E-state index in [1.807, 2.05) is 0 Å². The van der Waals surface area contributed by atoms with Crippen LogP contribution in [0.25, 0.3) is 0 Å². The molecule has 32 heavy (non-hydrogen) atoms. The number of alkyl halides is 4. The van der Waals surface area contributed by atoms with E-state index < -0.39 is 24.9 Å². The summed E-state index contributed by atoms with van der Waals surface area (Å²) >= 11 is 0. The third-order valence-corrected chi connectivity index (χ3v) is 5.10. The number of carbonyl (C=O) groups is 2. The third-order valence-electron chi connectivity index (χ3n) is 5.10.